The van der Waals surface area contributed by atoms with Crippen LogP contribution < -0.4 is 0 Å². The van der Waals surface area contributed by atoms with Gasteiger partial charge in [0.15, 0.2) is 0 Å². The quantitative estimate of drug-likeness (QED) is 0.870. The number of nitrogens with zero attached hydrogens (tertiary/aromatic N) is 5. The molecule has 3 heterocycles. The summed E-state index contributed by atoms with van der Waals surface area (Å²) in [5.74, 6) is 0.0827. The number of likely N-dealkylation sites (tertiary alicyclic amines) is 1. The van der Waals surface area contributed by atoms with E-state index in [2.05, 4.69) is 23.2 Å². The van der Waals surface area contributed by atoms with Crippen molar-refractivity contribution in [1.82, 2.24) is 24.5 Å². The van der Waals surface area contributed by atoms with Gasteiger partial charge in [-0.3, -0.25) is 14.2 Å². The minimum absolute atomic E-state index is 0.0827. The number of hydrogen-bond acceptors (Lipinski definition) is 3. The number of aromatic nitrogens is 4. The van der Waals surface area contributed by atoms with Crippen LogP contribution in [0.3, 0.4) is 0 Å². The third-order valence-corrected chi connectivity index (χ3v) is 4.33. The molecule has 1 fully saturated rings. The Labute approximate surface area is 130 Å². The van der Waals surface area contributed by atoms with E-state index in [9.17, 15) is 4.79 Å². The summed E-state index contributed by atoms with van der Waals surface area (Å²) in [6, 6.07) is 2.29. The van der Waals surface area contributed by atoms with Gasteiger partial charge in [-0.25, -0.2) is 0 Å². The van der Waals surface area contributed by atoms with Crippen LogP contribution in [0, 0.1) is 13.8 Å². The Bertz CT molecular complexity index is 672. The highest BCUT2D eigenvalue weighted by Gasteiger charge is 2.28. The summed E-state index contributed by atoms with van der Waals surface area (Å²) in [5.41, 5.74) is 2.85. The molecule has 1 aliphatic rings. The van der Waals surface area contributed by atoms with E-state index in [0.29, 0.717) is 5.56 Å². The van der Waals surface area contributed by atoms with E-state index in [1.807, 2.05) is 23.6 Å². The van der Waals surface area contributed by atoms with Gasteiger partial charge in [0.25, 0.3) is 5.91 Å². The maximum atomic E-state index is 12.7. The molecule has 6 nitrogen and oxygen atoms in total. The SMILES string of the molecule is Cc1cc(C)n(CC2CCCCN2C(=O)c2cnn(C)c2)n1. The normalized spacial score (nSPS) is 18.7. The average molecular weight is 301 g/mol. The summed E-state index contributed by atoms with van der Waals surface area (Å²) < 4.78 is 3.70. The Morgan fingerprint density at radius 3 is 2.82 bits per heavy atom. The van der Waals surface area contributed by atoms with Gasteiger partial charge >= 0.3 is 0 Å². The van der Waals surface area contributed by atoms with Crippen LogP contribution >= 0.6 is 0 Å². The van der Waals surface area contributed by atoms with Crippen molar-refractivity contribution in [1.29, 1.82) is 0 Å². The lowest BCUT2D eigenvalue weighted by Gasteiger charge is -2.35. The molecule has 0 radical (unpaired) electrons. The highest BCUT2D eigenvalue weighted by Crippen LogP contribution is 2.21. The van der Waals surface area contributed by atoms with Gasteiger partial charge in [-0.15, -0.1) is 0 Å². The van der Waals surface area contributed by atoms with Crippen molar-refractivity contribution in [2.75, 3.05) is 6.54 Å². The third kappa shape index (κ3) is 2.91. The molecular weight excluding hydrogens is 278 g/mol. The molecular formula is C16H23N5O. The smallest absolute Gasteiger partial charge is 0.257 e. The number of hydrogen-bond donors (Lipinski definition) is 0. The molecule has 1 unspecified atom stereocenters. The molecule has 118 valence electrons. The predicted molar refractivity (Wildman–Crippen MR) is 83.6 cm³/mol. The summed E-state index contributed by atoms with van der Waals surface area (Å²) in [6.07, 6.45) is 6.71. The second-order valence-electron chi connectivity index (χ2n) is 6.16. The summed E-state index contributed by atoms with van der Waals surface area (Å²) in [6.45, 7) is 5.66. The van der Waals surface area contributed by atoms with Gasteiger partial charge < -0.3 is 4.90 Å². The van der Waals surface area contributed by atoms with E-state index in [0.717, 1.165) is 37.3 Å². The number of rotatable bonds is 3. The second kappa shape index (κ2) is 5.94. The van der Waals surface area contributed by atoms with Gasteiger partial charge in [-0.2, -0.15) is 10.2 Å². The van der Waals surface area contributed by atoms with Crippen molar-refractivity contribution >= 4 is 5.91 Å². The summed E-state index contributed by atoms with van der Waals surface area (Å²) in [4.78, 5) is 14.7. The van der Waals surface area contributed by atoms with Gasteiger partial charge in [0.2, 0.25) is 0 Å². The van der Waals surface area contributed by atoms with Crippen LogP contribution in [-0.2, 0) is 13.6 Å². The zero-order valence-corrected chi connectivity index (χ0v) is 13.5. The van der Waals surface area contributed by atoms with Gasteiger partial charge in [0.1, 0.15) is 0 Å². The van der Waals surface area contributed by atoms with Crippen molar-refractivity contribution in [3.8, 4) is 0 Å². The number of aryl methyl sites for hydroxylation is 3. The fourth-order valence-electron chi connectivity index (χ4n) is 3.21. The van der Waals surface area contributed by atoms with Gasteiger partial charge in [0.05, 0.1) is 30.0 Å². The van der Waals surface area contributed by atoms with Crippen molar-refractivity contribution in [2.45, 2.75) is 45.7 Å². The van der Waals surface area contributed by atoms with E-state index in [-0.39, 0.29) is 11.9 Å². The zero-order chi connectivity index (χ0) is 15.7. The van der Waals surface area contributed by atoms with E-state index >= 15 is 0 Å². The molecule has 3 rings (SSSR count). The zero-order valence-electron chi connectivity index (χ0n) is 13.5. The molecule has 0 bridgehead atoms. The van der Waals surface area contributed by atoms with E-state index in [1.54, 1.807) is 17.1 Å². The average Bonchev–Trinajstić information content (AvgIpc) is 3.05. The minimum atomic E-state index is 0.0827. The standard InChI is InChI=1S/C16H23N5O/c1-12-8-13(2)21(18-12)11-15-6-4-5-7-20(15)16(22)14-9-17-19(3)10-14/h8-10,15H,4-7,11H2,1-3H3. The van der Waals surface area contributed by atoms with E-state index < -0.39 is 0 Å². The predicted octanol–water partition coefficient (Wildman–Crippen LogP) is 1.93. The molecule has 1 atom stereocenters. The van der Waals surface area contributed by atoms with Crippen LogP contribution in [0.4, 0.5) is 0 Å². The van der Waals surface area contributed by atoms with Crippen molar-refractivity contribution < 1.29 is 4.79 Å². The highest BCUT2D eigenvalue weighted by molar-refractivity contribution is 5.94. The Kier molecular flexibility index (Phi) is 4.00. The molecule has 1 amide bonds. The Morgan fingerprint density at radius 1 is 1.36 bits per heavy atom. The minimum Gasteiger partial charge on any atom is -0.334 e. The lowest BCUT2D eigenvalue weighted by atomic mass is 10.0. The van der Waals surface area contributed by atoms with Crippen LogP contribution in [0.1, 0.15) is 41.0 Å². The molecule has 0 saturated carbocycles. The second-order valence-corrected chi connectivity index (χ2v) is 6.16. The fraction of sp³-hybridized carbons (Fsp3) is 0.562. The van der Waals surface area contributed by atoms with E-state index in [1.165, 1.54) is 6.42 Å². The first kappa shape index (κ1) is 14.8. The van der Waals surface area contributed by atoms with Gasteiger partial charge in [0, 0.05) is 25.5 Å². The largest absolute Gasteiger partial charge is 0.334 e. The maximum Gasteiger partial charge on any atom is 0.257 e. The molecule has 6 heteroatoms. The molecule has 22 heavy (non-hydrogen) atoms. The summed E-state index contributed by atoms with van der Waals surface area (Å²) in [7, 11) is 1.83. The summed E-state index contributed by atoms with van der Waals surface area (Å²) >= 11 is 0. The van der Waals surface area contributed by atoms with Gasteiger partial charge in [-0.05, 0) is 39.2 Å². The highest BCUT2D eigenvalue weighted by atomic mass is 16.2. The number of amides is 1. The monoisotopic (exact) mass is 301 g/mol. The third-order valence-electron chi connectivity index (χ3n) is 4.33. The first-order chi connectivity index (χ1) is 10.5. The van der Waals surface area contributed by atoms with Crippen molar-refractivity contribution in [3.05, 3.63) is 35.4 Å². The topological polar surface area (TPSA) is 56.0 Å². The van der Waals surface area contributed by atoms with Crippen LogP contribution in [0.15, 0.2) is 18.5 Å². The van der Waals surface area contributed by atoms with Crippen molar-refractivity contribution in [2.24, 2.45) is 7.05 Å². The van der Waals surface area contributed by atoms with Crippen LogP contribution in [0.2, 0.25) is 0 Å². The number of carbonyl (C=O) groups excluding carboxylic acids is 1. The Hall–Kier alpha value is -2.11. The molecule has 0 aromatic carbocycles. The Morgan fingerprint density at radius 2 is 2.18 bits per heavy atom. The summed E-state index contributed by atoms with van der Waals surface area (Å²) in [5, 5.41) is 8.65. The van der Waals surface area contributed by atoms with Crippen LogP contribution in [0.5, 0.6) is 0 Å². The van der Waals surface area contributed by atoms with Crippen LogP contribution in [-0.4, -0.2) is 43.0 Å². The lowest BCUT2D eigenvalue weighted by Crippen LogP contribution is -2.46. The molecule has 0 spiro atoms. The first-order valence-corrected chi connectivity index (χ1v) is 7.85. The van der Waals surface area contributed by atoms with Gasteiger partial charge in [-0.1, -0.05) is 0 Å². The number of carbonyl (C=O) groups is 1. The number of piperidine rings is 1. The first-order valence-electron chi connectivity index (χ1n) is 7.85. The maximum absolute atomic E-state index is 12.7. The molecule has 1 saturated heterocycles. The van der Waals surface area contributed by atoms with E-state index in [4.69, 9.17) is 0 Å². The fourth-order valence-corrected chi connectivity index (χ4v) is 3.21. The molecule has 2 aromatic rings. The molecule has 0 aliphatic carbocycles. The van der Waals surface area contributed by atoms with Crippen molar-refractivity contribution in [3.63, 3.8) is 0 Å². The Balaban J connectivity index is 1.79. The molecule has 1 aliphatic heterocycles. The molecule has 2 aromatic heterocycles. The molecule has 0 N–H and O–H groups in total. The lowest BCUT2D eigenvalue weighted by molar-refractivity contribution is 0.0582. The van der Waals surface area contributed by atoms with Crippen LogP contribution in [0.25, 0.3) is 0 Å².